The number of carbonyl (C=O) groups is 2. The first-order valence-electron chi connectivity index (χ1n) is 9.23. The van der Waals surface area contributed by atoms with Gasteiger partial charge in [0.2, 0.25) is 0 Å². The second-order valence-electron chi connectivity index (χ2n) is 6.47. The summed E-state index contributed by atoms with van der Waals surface area (Å²) in [5.41, 5.74) is 2.05. The number of aromatic nitrogens is 2. The minimum atomic E-state index is -0.494. The number of ether oxygens (including phenoxy) is 3. The molecule has 0 radical (unpaired) electrons. The summed E-state index contributed by atoms with van der Waals surface area (Å²) in [5, 5.41) is 0. The predicted molar refractivity (Wildman–Crippen MR) is 111 cm³/mol. The van der Waals surface area contributed by atoms with Crippen molar-refractivity contribution in [3.8, 4) is 11.5 Å². The number of hydrogen-bond donors (Lipinski definition) is 0. The Kier molecular flexibility index (Phi) is 6.36. The summed E-state index contributed by atoms with van der Waals surface area (Å²) in [6.07, 6.45) is 2.86. The Morgan fingerprint density at radius 3 is 2.47 bits per heavy atom. The van der Waals surface area contributed by atoms with Crippen molar-refractivity contribution in [2.24, 2.45) is 7.05 Å². The fourth-order valence-corrected chi connectivity index (χ4v) is 3.06. The highest BCUT2D eigenvalue weighted by Crippen LogP contribution is 2.29. The third-order valence-corrected chi connectivity index (χ3v) is 4.62. The number of benzene rings is 2. The summed E-state index contributed by atoms with van der Waals surface area (Å²) in [6.45, 7) is 0.196. The second kappa shape index (κ2) is 9.13. The van der Waals surface area contributed by atoms with Crippen molar-refractivity contribution in [1.82, 2.24) is 9.13 Å². The van der Waals surface area contributed by atoms with E-state index in [1.165, 1.54) is 20.3 Å². The molecule has 0 saturated carbocycles. The van der Waals surface area contributed by atoms with Gasteiger partial charge in [0, 0.05) is 19.7 Å². The van der Waals surface area contributed by atoms with Crippen LogP contribution in [0.5, 0.6) is 11.5 Å². The van der Waals surface area contributed by atoms with Gasteiger partial charge in [0.25, 0.3) is 0 Å². The van der Waals surface area contributed by atoms with Gasteiger partial charge in [0.1, 0.15) is 0 Å². The Morgan fingerprint density at radius 1 is 1.03 bits per heavy atom. The van der Waals surface area contributed by atoms with Crippen molar-refractivity contribution in [2.75, 3.05) is 14.2 Å². The molecule has 0 unspecified atom stereocenters. The Labute approximate surface area is 172 Å². The van der Waals surface area contributed by atoms with E-state index in [1.54, 1.807) is 40.5 Å². The summed E-state index contributed by atoms with van der Waals surface area (Å²) < 4.78 is 18.3. The highest BCUT2D eigenvalue weighted by molar-refractivity contribution is 5.87. The molecule has 0 aliphatic heterocycles. The molecule has 1 heterocycles. The lowest BCUT2D eigenvalue weighted by molar-refractivity contribution is -0.135. The van der Waals surface area contributed by atoms with E-state index in [-0.39, 0.29) is 24.4 Å². The molecule has 3 rings (SSSR count). The van der Waals surface area contributed by atoms with E-state index in [0.717, 1.165) is 11.0 Å². The first-order chi connectivity index (χ1) is 14.4. The van der Waals surface area contributed by atoms with Crippen molar-refractivity contribution in [3.63, 3.8) is 0 Å². The molecule has 8 nitrogen and oxygen atoms in total. The Balaban J connectivity index is 1.71. The van der Waals surface area contributed by atoms with Crippen LogP contribution in [0.1, 0.15) is 12.0 Å². The normalized spacial score (nSPS) is 11.0. The fourth-order valence-electron chi connectivity index (χ4n) is 3.06. The lowest BCUT2D eigenvalue weighted by Crippen LogP contribution is -2.24. The number of carbonyl (C=O) groups excluding carboxylic acids is 2. The number of esters is 2. The summed E-state index contributed by atoms with van der Waals surface area (Å²) in [4.78, 5) is 36.0. The molecule has 8 heteroatoms. The van der Waals surface area contributed by atoms with E-state index in [1.807, 2.05) is 24.3 Å². The maximum absolute atomic E-state index is 12.4. The van der Waals surface area contributed by atoms with Gasteiger partial charge in [-0.1, -0.05) is 18.2 Å². The molecule has 2 aromatic carbocycles. The van der Waals surface area contributed by atoms with Gasteiger partial charge in [-0.15, -0.1) is 0 Å². The van der Waals surface area contributed by atoms with Gasteiger partial charge in [-0.2, -0.15) is 0 Å². The number of methoxy groups -OCH3 is 2. The number of aryl methyl sites for hydroxylation is 2. The average molecular weight is 410 g/mol. The van der Waals surface area contributed by atoms with Crippen LogP contribution >= 0.6 is 0 Å². The molecule has 0 aliphatic carbocycles. The van der Waals surface area contributed by atoms with E-state index in [2.05, 4.69) is 4.74 Å². The molecule has 0 aliphatic rings. The molecule has 30 heavy (non-hydrogen) atoms. The van der Waals surface area contributed by atoms with E-state index >= 15 is 0 Å². The molecule has 156 valence electrons. The SMILES string of the molecule is COC(=O)/C=C/c1ccc(OC(=O)CCn2c(=O)n(C)c3ccccc32)c(OC)c1. The quantitative estimate of drug-likeness (QED) is 0.338. The molecule has 0 saturated heterocycles. The number of para-hydroxylation sites is 2. The molecule has 0 amide bonds. The minimum absolute atomic E-state index is 0.0149. The molecule has 0 fully saturated rings. The van der Waals surface area contributed by atoms with E-state index in [9.17, 15) is 14.4 Å². The first-order valence-corrected chi connectivity index (χ1v) is 9.23. The van der Waals surface area contributed by atoms with Gasteiger partial charge in [0.05, 0.1) is 31.7 Å². The van der Waals surface area contributed by atoms with Crippen molar-refractivity contribution in [3.05, 3.63) is 64.6 Å². The average Bonchev–Trinajstić information content (AvgIpc) is 3.01. The van der Waals surface area contributed by atoms with Crippen LogP contribution in [-0.4, -0.2) is 35.3 Å². The lowest BCUT2D eigenvalue weighted by atomic mass is 10.2. The number of rotatable bonds is 7. The zero-order valence-corrected chi connectivity index (χ0v) is 17.0. The van der Waals surface area contributed by atoms with Crippen molar-refractivity contribution >= 4 is 29.0 Å². The van der Waals surface area contributed by atoms with Crippen molar-refractivity contribution in [1.29, 1.82) is 0 Å². The van der Waals surface area contributed by atoms with Crippen LogP contribution < -0.4 is 15.2 Å². The molecular weight excluding hydrogens is 388 g/mol. The molecule has 1 aromatic heterocycles. The summed E-state index contributed by atoms with van der Waals surface area (Å²) in [6, 6.07) is 12.3. The van der Waals surface area contributed by atoms with Crippen molar-refractivity contribution in [2.45, 2.75) is 13.0 Å². The highest BCUT2D eigenvalue weighted by Gasteiger charge is 2.14. The Hall–Kier alpha value is -3.81. The van der Waals surface area contributed by atoms with Gasteiger partial charge in [0.15, 0.2) is 11.5 Å². The third-order valence-electron chi connectivity index (χ3n) is 4.62. The summed E-state index contributed by atoms with van der Waals surface area (Å²) >= 11 is 0. The minimum Gasteiger partial charge on any atom is -0.493 e. The van der Waals surface area contributed by atoms with Crippen LogP contribution in [-0.2, 0) is 27.9 Å². The summed E-state index contributed by atoms with van der Waals surface area (Å²) in [5.74, 6) is -0.375. The van der Waals surface area contributed by atoms with Crippen LogP contribution in [0.15, 0.2) is 53.3 Å². The number of imidazole rings is 1. The first kappa shape index (κ1) is 20.9. The van der Waals surface area contributed by atoms with Crippen LogP contribution in [0.4, 0.5) is 0 Å². The molecular formula is C22H22N2O6. The van der Waals surface area contributed by atoms with Gasteiger partial charge in [-0.05, 0) is 35.9 Å². The lowest BCUT2D eigenvalue weighted by Gasteiger charge is -2.10. The maximum atomic E-state index is 12.4. The maximum Gasteiger partial charge on any atom is 0.330 e. The Morgan fingerprint density at radius 2 is 1.77 bits per heavy atom. The van der Waals surface area contributed by atoms with Crippen molar-refractivity contribution < 1.29 is 23.8 Å². The van der Waals surface area contributed by atoms with Gasteiger partial charge < -0.3 is 14.2 Å². The zero-order valence-electron chi connectivity index (χ0n) is 17.0. The van der Waals surface area contributed by atoms with E-state index in [0.29, 0.717) is 11.3 Å². The molecule has 0 spiro atoms. The number of nitrogens with zero attached hydrogens (tertiary/aromatic N) is 2. The van der Waals surface area contributed by atoms with Crippen LogP contribution in [0.3, 0.4) is 0 Å². The van der Waals surface area contributed by atoms with E-state index < -0.39 is 11.9 Å². The van der Waals surface area contributed by atoms with Gasteiger partial charge in [-0.25, -0.2) is 9.59 Å². The molecule has 3 aromatic rings. The number of hydrogen-bond acceptors (Lipinski definition) is 6. The molecule has 0 bridgehead atoms. The number of fused-ring (bicyclic) bond motifs is 1. The highest BCUT2D eigenvalue weighted by atomic mass is 16.6. The van der Waals surface area contributed by atoms with E-state index in [4.69, 9.17) is 9.47 Å². The Bertz CT molecular complexity index is 1170. The molecule has 0 N–H and O–H groups in total. The summed E-state index contributed by atoms with van der Waals surface area (Å²) in [7, 11) is 4.44. The zero-order chi connectivity index (χ0) is 21.7. The molecule has 0 atom stereocenters. The topological polar surface area (TPSA) is 88.8 Å². The third kappa shape index (κ3) is 4.43. The smallest absolute Gasteiger partial charge is 0.330 e. The largest absolute Gasteiger partial charge is 0.493 e. The van der Waals surface area contributed by atoms with Gasteiger partial charge in [-0.3, -0.25) is 13.9 Å². The van der Waals surface area contributed by atoms with Gasteiger partial charge >= 0.3 is 17.6 Å². The standard InChI is InChI=1S/C22H22N2O6/c1-23-16-6-4-5-7-17(16)24(22(23)27)13-12-21(26)30-18-10-8-15(14-19(18)28-2)9-11-20(25)29-3/h4-11,14H,12-13H2,1-3H3/b11-9+. The monoisotopic (exact) mass is 410 g/mol. The predicted octanol–water partition coefficient (Wildman–Crippen LogP) is 2.53. The van der Waals surface area contributed by atoms with Crippen LogP contribution in [0, 0.1) is 0 Å². The van der Waals surface area contributed by atoms with Crippen LogP contribution in [0.2, 0.25) is 0 Å². The second-order valence-corrected chi connectivity index (χ2v) is 6.47. The fraction of sp³-hybridized carbons (Fsp3) is 0.227. The van der Waals surface area contributed by atoms with Crippen LogP contribution in [0.25, 0.3) is 17.1 Å².